The number of non-ortho nitro benzene ring substituents is 1. The molecule has 0 saturated carbocycles. The van der Waals surface area contributed by atoms with E-state index in [0.717, 1.165) is 11.8 Å². The molecule has 3 rings (SSSR count). The lowest BCUT2D eigenvalue weighted by Crippen LogP contribution is -2.61. The molecule has 2 aliphatic heterocycles. The van der Waals surface area contributed by atoms with Gasteiger partial charge >= 0.3 is 12.1 Å². The van der Waals surface area contributed by atoms with Crippen LogP contribution >= 0.6 is 11.8 Å². The number of aliphatic hydroxyl groups is 1. The van der Waals surface area contributed by atoms with Gasteiger partial charge in [0.05, 0.1) is 23.0 Å². The number of nitrogens with one attached hydrogen (secondary N) is 2. The molecule has 1 aromatic rings. The zero-order chi connectivity index (χ0) is 26.4. The first kappa shape index (κ1) is 26.7. The monoisotopic (exact) mass is 520 g/mol. The quantitative estimate of drug-likeness (QED) is 0.108. The molecule has 14 heteroatoms. The van der Waals surface area contributed by atoms with E-state index in [0.29, 0.717) is 10.5 Å². The number of fused-ring (bicyclic) bond motifs is 1. The Bertz CT molecular complexity index is 1120. The number of aliphatic carboxylic acids is 1. The van der Waals surface area contributed by atoms with Crippen molar-refractivity contribution in [1.29, 1.82) is 0 Å². The number of carboxylic acid groups (broad SMARTS) is 1. The molecule has 2 heterocycles. The van der Waals surface area contributed by atoms with Gasteiger partial charge in [-0.25, -0.2) is 9.59 Å². The molecule has 0 aliphatic carbocycles. The van der Waals surface area contributed by atoms with E-state index in [9.17, 15) is 39.5 Å². The smallest absolute Gasteiger partial charge is 0.407 e. The number of rotatable bonds is 11. The second-order valence-corrected chi connectivity index (χ2v) is 8.96. The number of alkyl carbamates (subject to hydrolysis) is 1. The number of aliphatic hydroxyl groups excluding tert-OH is 1. The Kier molecular flexibility index (Phi) is 8.66. The van der Waals surface area contributed by atoms with Crippen molar-refractivity contribution in [3.05, 3.63) is 62.0 Å². The predicted molar refractivity (Wildman–Crippen MR) is 126 cm³/mol. The van der Waals surface area contributed by atoms with Gasteiger partial charge in [0, 0.05) is 42.6 Å². The number of thioether (sulfide) groups is 1. The minimum absolute atomic E-state index is 0.0707. The molecule has 1 aromatic carbocycles. The number of nitro groups is 1. The fourth-order valence-electron chi connectivity index (χ4n) is 3.84. The maximum atomic E-state index is 12.2. The second kappa shape index (κ2) is 11.7. The molecular weight excluding hydrogens is 496 g/mol. The Labute approximate surface area is 209 Å². The predicted octanol–water partition coefficient (Wildman–Crippen LogP) is 1.09. The third-order valence-electron chi connectivity index (χ3n) is 5.53. The molecule has 13 nitrogen and oxygen atoms in total. The highest BCUT2D eigenvalue weighted by atomic mass is 32.2. The number of ether oxygens (including phenoxy) is 1. The number of carboxylic acids is 1. The number of benzene rings is 1. The van der Waals surface area contributed by atoms with E-state index in [1.54, 1.807) is 0 Å². The molecule has 0 spiro atoms. The first-order valence-electron chi connectivity index (χ1n) is 10.8. The number of carbonyl (C=O) groups is 4. The average Bonchev–Trinajstić information content (AvgIpc) is 3.14. The molecule has 3 atom stereocenters. The van der Waals surface area contributed by atoms with E-state index < -0.39 is 46.9 Å². The van der Waals surface area contributed by atoms with Crippen LogP contribution in [0.4, 0.5) is 10.5 Å². The maximum Gasteiger partial charge on any atom is 0.407 e. The summed E-state index contributed by atoms with van der Waals surface area (Å²) in [5.74, 6) is -2.79. The highest BCUT2D eigenvalue weighted by Crippen LogP contribution is 2.47. The molecule has 1 fully saturated rings. The van der Waals surface area contributed by atoms with Crippen molar-refractivity contribution in [2.75, 3.05) is 13.1 Å². The summed E-state index contributed by atoms with van der Waals surface area (Å²) in [5, 5.41) is 36.3. The zero-order valence-corrected chi connectivity index (χ0v) is 19.9. The van der Waals surface area contributed by atoms with Crippen LogP contribution in [0.3, 0.4) is 0 Å². The third kappa shape index (κ3) is 6.20. The van der Waals surface area contributed by atoms with E-state index in [1.165, 1.54) is 47.6 Å². The van der Waals surface area contributed by atoms with Crippen LogP contribution in [0.5, 0.6) is 0 Å². The Balaban J connectivity index is 1.36. The Morgan fingerprint density at radius 1 is 1.28 bits per heavy atom. The third-order valence-corrected chi connectivity index (χ3v) is 6.45. The van der Waals surface area contributed by atoms with Crippen LogP contribution in [0.25, 0.3) is 0 Å². The number of β-lactam (4-membered cyclic amide) rings is 1. The van der Waals surface area contributed by atoms with Crippen molar-refractivity contribution in [2.45, 2.75) is 32.1 Å². The first-order chi connectivity index (χ1) is 17.1. The topological polar surface area (TPSA) is 188 Å². The SMILES string of the molecule is C[C@H](O)[C@@H]1C(=O)N2C(C(=O)O)=C(SC=CC(=O)NCCNC(=O)OCc3ccc([N+](=O)[O-])cc3)C[C@H]12. The summed E-state index contributed by atoms with van der Waals surface area (Å²) in [5.41, 5.74) is 0.373. The standard InChI is InChI=1S/C22H24N4O9S/c1-12(27)18-15-10-16(19(21(30)31)25(15)20(18)29)36-9-6-17(28)23-7-8-24-22(32)35-11-13-2-4-14(5-3-13)26(33)34/h2-6,9,12,15,18,27H,7-8,10-11H2,1H3,(H,23,28)(H,24,32)(H,30,31)/t12-,15+,18-/m0/s1. The van der Waals surface area contributed by atoms with Gasteiger partial charge in [0.15, 0.2) is 0 Å². The molecule has 2 aliphatic rings. The molecule has 0 unspecified atom stereocenters. The van der Waals surface area contributed by atoms with Gasteiger partial charge < -0.3 is 30.5 Å². The number of hydrogen-bond donors (Lipinski definition) is 4. The molecule has 0 aromatic heterocycles. The number of hydrogen-bond acceptors (Lipinski definition) is 9. The molecule has 36 heavy (non-hydrogen) atoms. The molecule has 192 valence electrons. The van der Waals surface area contributed by atoms with Crippen LogP contribution < -0.4 is 10.6 Å². The lowest BCUT2D eigenvalue weighted by molar-refractivity contribution is -0.384. The minimum atomic E-state index is -1.25. The first-order valence-corrected chi connectivity index (χ1v) is 11.7. The van der Waals surface area contributed by atoms with Crippen molar-refractivity contribution in [2.24, 2.45) is 5.92 Å². The molecule has 0 bridgehead atoms. The average molecular weight is 521 g/mol. The van der Waals surface area contributed by atoms with E-state index in [-0.39, 0.29) is 37.5 Å². The molecule has 3 amide bonds. The second-order valence-electron chi connectivity index (χ2n) is 7.96. The van der Waals surface area contributed by atoms with Gasteiger partial charge in [0.2, 0.25) is 11.8 Å². The summed E-state index contributed by atoms with van der Waals surface area (Å²) in [6.07, 6.45) is -0.121. The van der Waals surface area contributed by atoms with E-state index >= 15 is 0 Å². The summed E-state index contributed by atoms with van der Waals surface area (Å²) in [4.78, 5) is 59.2. The molecule has 1 saturated heterocycles. The number of nitro benzene ring substituents is 1. The molecular formula is C22H24N4O9S. The van der Waals surface area contributed by atoms with Crippen molar-refractivity contribution in [3.63, 3.8) is 0 Å². The fourth-order valence-corrected chi connectivity index (χ4v) is 4.76. The maximum absolute atomic E-state index is 12.2. The van der Waals surface area contributed by atoms with E-state index in [4.69, 9.17) is 4.74 Å². The lowest BCUT2D eigenvalue weighted by atomic mass is 9.83. The van der Waals surface area contributed by atoms with Crippen molar-refractivity contribution >= 4 is 41.3 Å². The Morgan fingerprint density at radius 3 is 2.56 bits per heavy atom. The van der Waals surface area contributed by atoms with Gasteiger partial charge in [-0.05, 0) is 30.0 Å². The minimum Gasteiger partial charge on any atom is -0.477 e. The van der Waals surface area contributed by atoms with Crippen molar-refractivity contribution < 1.29 is 39.1 Å². The lowest BCUT2D eigenvalue weighted by Gasteiger charge is -2.44. The van der Waals surface area contributed by atoms with E-state index in [2.05, 4.69) is 10.6 Å². The van der Waals surface area contributed by atoms with Crippen LogP contribution in [0, 0.1) is 16.0 Å². The van der Waals surface area contributed by atoms with Gasteiger partial charge in [0.1, 0.15) is 12.3 Å². The van der Waals surface area contributed by atoms with Gasteiger partial charge in [-0.15, -0.1) is 0 Å². The zero-order valence-electron chi connectivity index (χ0n) is 19.1. The van der Waals surface area contributed by atoms with Crippen LogP contribution in [-0.2, 0) is 25.7 Å². The highest BCUT2D eigenvalue weighted by molar-refractivity contribution is 8.05. The summed E-state index contributed by atoms with van der Waals surface area (Å²) < 4.78 is 4.99. The number of amides is 3. The van der Waals surface area contributed by atoms with Gasteiger partial charge in [-0.2, -0.15) is 0 Å². The highest BCUT2D eigenvalue weighted by Gasteiger charge is 2.56. The largest absolute Gasteiger partial charge is 0.477 e. The van der Waals surface area contributed by atoms with E-state index in [1.807, 2.05) is 0 Å². The Morgan fingerprint density at radius 2 is 1.94 bits per heavy atom. The number of nitrogens with zero attached hydrogens (tertiary/aromatic N) is 2. The van der Waals surface area contributed by atoms with Gasteiger partial charge in [-0.3, -0.25) is 19.7 Å². The van der Waals surface area contributed by atoms with Crippen LogP contribution in [0.15, 0.2) is 46.4 Å². The molecule has 0 radical (unpaired) electrons. The molecule has 4 N–H and O–H groups in total. The van der Waals surface area contributed by atoms with Crippen molar-refractivity contribution in [3.8, 4) is 0 Å². The normalized spacial score (nSPS) is 19.5. The summed E-state index contributed by atoms with van der Waals surface area (Å²) in [6, 6.07) is 5.15. The van der Waals surface area contributed by atoms with Crippen LogP contribution in [0.1, 0.15) is 18.9 Å². The summed E-state index contributed by atoms with van der Waals surface area (Å²) in [6.45, 7) is 1.60. The number of carbonyl (C=O) groups excluding carboxylic acids is 3. The Hall–Kier alpha value is -3.91. The fraction of sp³-hybridized carbons (Fsp3) is 0.364. The van der Waals surface area contributed by atoms with Crippen LogP contribution in [-0.4, -0.2) is 69.1 Å². The summed E-state index contributed by atoms with van der Waals surface area (Å²) in [7, 11) is 0. The summed E-state index contributed by atoms with van der Waals surface area (Å²) >= 11 is 1.02. The van der Waals surface area contributed by atoms with Crippen molar-refractivity contribution in [1.82, 2.24) is 15.5 Å². The van der Waals surface area contributed by atoms with Gasteiger partial charge in [-0.1, -0.05) is 11.8 Å². The van der Waals surface area contributed by atoms with Crippen LogP contribution in [0.2, 0.25) is 0 Å². The van der Waals surface area contributed by atoms with Gasteiger partial charge in [0.25, 0.3) is 5.69 Å².